The van der Waals surface area contributed by atoms with Crippen molar-refractivity contribution in [2.75, 3.05) is 26.8 Å². The smallest absolute Gasteiger partial charge is 0.274 e. The van der Waals surface area contributed by atoms with E-state index in [9.17, 15) is 4.79 Å². The van der Waals surface area contributed by atoms with Gasteiger partial charge in [0.15, 0.2) is 0 Å². The topological polar surface area (TPSA) is 73.4 Å². The lowest BCUT2D eigenvalue weighted by Crippen LogP contribution is -2.33. The molecule has 2 N–H and O–H groups in total. The molecule has 7 heteroatoms. The number of nitrogens with zero attached hydrogens (tertiary/aromatic N) is 3. The number of methoxy groups -OCH3 is 1. The van der Waals surface area contributed by atoms with E-state index in [1.165, 1.54) is 0 Å². The predicted octanol–water partition coefficient (Wildman–Crippen LogP) is 1.19. The van der Waals surface area contributed by atoms with Gasteiger partial charge in [-0.25, -0.2) is 4.98 Å². The molecule has 6 nitrogen and oxygen atoms in total. The van der Waals surface area contributed by atoms with Crippen molar-refractivity contribution in [1.29, 1.82) is 0 Å². The highest BCUT2D eigenvalue weighted by molar-refractivity contribution is 7.09. The summed E-state index contributed by atoms with van der Waals surface area (Å²) in [5.41, 5.74) is 5.94. The maximum atomic E-state index is 12.6. The summed E-state index contributed by atoms with van der Waals surface area (Å²) < 4.78 is 6.91. The third-order valence-corrected chi connectivity index (χ3v) is 3.88. The fourth-order valence-electron chi connectivity index (χ4n) is 1.95. The van der Waals surface area contributed by atoms with Gasteiger partial charge in [0, 0.05) is 37.8 Å². The summed E-state index contributed by atoms with van der Waals surface area (Å²) >= 11 is 1.63. The Morgan fingerprint density at radius 2 is 2.43 bits per heavy atom. The number of thiophene rings is 1. The van der Waals surface area contributed by atoms with Crippen LogP contribution >= 0.6 is 11.3 Å². The number of nitrogens with two attached hydrogens (primary N) is 1. The van der Waals surface area contributed by atoms with E-state index in [1.54, 1.807) is 35.9 Å². The summed E-state index contributed by atoms with van der Waals surface area (Å²) in [6.07, 6.45) is 3.38. The van der Waals surface area contributed by atoms with Gasteiger partial charge in [-0.2, -0.15) is 0 Å². The van der Waals surface area contributed by atoms with Crippen molar-refractivity contribution in [3.8, 4) is 0 Å². The Bertz CT molecular complexity index is 553. The first-order valence-electron chi connectivity index (χ1n) is 6.77. The molecular formula is C14H20N4O2S. The monoisotopic (exact) mass is 308 g/mol. The average Bonchev–Trinajstić information content (AvgIpc) is 3.14. The van der Waals surface area contributed by atoms with Crippen molar-refractivity contribution in [2.45, 2.75) is 13.1 Å². The van der Waals surface area contributed by atoms with E-state index in [2.05, 4.69) is 4.98 Å². The van der Waals surface area contributed by atoms with Gasteiger partial charge in [-0.05, 0) is 11.4 Å². The van der Waals surface area contributed by atoms with E-state index in [0.29, 0.717) is 38.5 Å². The first-order chi connectivity index (χ1) is 10.2. The first-order valence-corrected chi connectivity index (χ1v) is 7.65. The molecule has 2 aromatic heterocycles. The average molecular weight is 308 g/mol. The van der Waals surface area contributed by atoms with Gasteiger partial charge in [0.25, 0.3) is 5.91 Å². The summed E-state index contributed by atoms with van der Waals surface area (Å²) in [7, 11) is 1.63. The van der Waals surface area contributed by atoms with Gasteiger partial charge in [-0.3, -0.25) is 4.79 Å². The molecule has 114 valence electrons. The Morgan fingerprint density at radius 1 is 1.57 bits per heavy atom. The molecule has 0 bridgehead atoms. The minimum atomic E-state index is -0.0868. The number of hydrogen-bond donors (Lipinski definition) is 1. The van der Waals surface area contributed by atoms with Gasteiger partial charge in [0.05, 0.1) is 19.5 Å². The molecule has 0 aliphatic carbocycles. The fourth-order valence-corrected chi connectivity index (χ4v) is 2.67. The number of imidazole rings is 1. The van der Waals surface area contributed by atoms with Crippen LogP contribution in [0.4, 0.5) is 0 Å². The molecule has 2 heterocycles. The summed E-state index contributed by atoms with van der Waals surface area (Å²) in [6.45, 7) is 2.79. The van der Waals surface area contributed by atoms with Crippen LogP contribution in [0.1, 0.15) is 15.4 Å². The largest absolute Gasteiger partial charge is 0.383 e. The van der Waals surface area contributed by atoms with Crippen LogP contribution in [0.25, 0.3) is 0 Å². The third-order valence-electron chi connectivity index (χ3n) is 3.02. The van der Waals surface area contributed by atoms with E-state index in [4.69, 9.17) is 10.5 Å². The van der Waals surface area contributed by atoms with Crippen molar-refractivity contribution >= 4 is 17.2 Å². The maximum absolute atomic E-state index is 12.6. The van der Waals surface area contributed by atoms with E-state index < -0.39 is 0 Å². The van der Waals surface area contributed by atoms with Gasteiger partial charge in [0.2, 0.25) is 0 Å². The standard InChI is InChI=1S/C14H20N4O2S/c1-20-7-6-18(9-12-3-2-8-21-12)14(19)13-10-17(5-4-15)11-16-13/h2-3,8,10-11H,4-7,9,15H2,1H3. The number of rotatable bonds is 8. The molecule has 0 spiro atoms. The molecule has 2 aromatic rings. The van der Waals surface area contributed by atoms with E-state index >= 15 is 0 Å². The Hall–Kier alpha value is -1.70. The highest BCUT2D eigenvalue weighted by atomic mass is 32.1. The summed E-state index contributed by atoms with van der Waals surface area (Å²) in [5.74, 6) is -0.0868. The van der Waals surface area contributed by atoms with Crippen LogP contribution in [0.15, 0.2) is 30.0 Å². The Morgan fingerprint density at radius 3 is 3.10 bits per heavy atom. The van der Waals surface area contributed by atoms with Crippen molar-refractivity contribution < 1.29 is 9.53 Å². The molecule has 0 atom stereocenters. The normalized spacial score (nSPS) is 10.8. The van der Waals surface area contributed by atoms with Crippen LogP contribution in [0.3, 0.4) is 0 Å². The molecule has 0 aliphatic heterocycles. The number of hydrogen-bond acceptors (Lipinski definition) is 5. The molecule has 0 aliphatic rings. The molecule has 21 heavy (non-hydrogen) atoms. The van der Waals surface area contributed by atoms with Gasteiger partial charge < -0.3 is 19.9 Å². The van der Waals surface area contributed by atoms with Gasteiger partial charge in [-0.1, -0.05) is 6.07 Å². The zero-order valence-corrected chi connectivity index (χ0v) is 12.9. The Kier molecular flexibility index (Phi) is 5.91. The lowest BCUT2D eigenvalue weighted by Gasteiger charge is -2.20. The molecule has 0 fully saturated rings. The van der Waals surface area contributed by atoms with E-state index in [1.807, 2.05) is 22.1 Å². The van der Waals surface area contributed by atoms with Crippen molar-refractivity contribution in [2.24, 2.45) is 5.73 Å². The van der Waals surface area contributed by atoms with Crippen LogP contribution in [0.5, 0.6) is 0 Å². The fraction of sp³-hybridized carbons (Fsp3) is 0.429. The number of amides is 1. The second-order valence-corrected chi connectivity index (χ2v) is 5.62. The summed E-state index contributed by atoms with van der Waals surface area (Å²) in [6, 6.07) is 4.00. The molecule has 0 unspecified atom stereocenters. The lowest BCUT2D eigenvalue weighted by molar-refractivity contribution is 0.0677. The molecule has 2 rings (SSSR count). The van der Waals surface area contributed by atoms with Crippen LogP contribution in [-0.4, -0.2) is 47.2 Å². The van der Waals surface area contributed by atoms with Crippen LogP contribution < -0.4 is 5.73 Å². The van der Waals surface area contributed by atoms with E-state index in [-0.39, 0.29) is 5.91 Å². The Balaban J connectivity index is 2.08. The molecule has 0 saturated carbocycles. The summed E-state index contributed by atoms with van der Waals surface area (Å²) in [5, 5.41) is 2.00. The van der Waals surface area contributed by atoms with Crippen LogP contribution in [0.2, 0.25) is 0 Å². The summed E-state index contributed by atoms with van der Waals surface area (Å²) in [4.78, 5) is 19.6. The quantitative estimate of drug-likeness (QED) is 0.795. The maximum Gasteiger partial charge on any atom is 0.274 e. The van der Waals surface area contributed by atoms with Gasteiger partial charge in [0.1, 0.15) is 5.69 Å². The predicted molar refractivity (Wildman–Crippen MR) is 82.2 cm³/mol. The molecule has 0 saturated heterocycles. The second kappa shape index (κ2) is 7.92. The molecule has 0 radical (unpaired) electrons. The molecule has 1 amide bonds. The second-order valence-electron chi connectivity index (χ2n) is 4.58. The molecular weight excluding hydrogens is 288 g/mol. The zero-order valence-electron chi connectivity index (χ0n) is 12.1. The van der Waals surface area contributed by atoms with Gasteiger partial charge in [-0.15, -0.1) is 11.3 Å². The number of aromatic nitrogens is 2. The minimum absolute atomic E-state index is 0.0868. The van der Waals surface area contributed by atoms with Gasteiger partial charge >= 0.3 is 0 Å². The van der Waals surface area contributed by atoms with Crippen LogP contribution in [0, 0.1) is 0 Å². The van der Waals surface area contributed by atoms with E-state index in [0.717, 1.165) is 4.88 Å². The Labute approximate surface area is 128 Å². The third kappa shape index (κ3) is 4.38. The number of carbonyl (C=O) groups is 1. The first kappa shape index (κ1) is 15.7. The number of carbonyl (C=O) groups excluding carboxylic acids is 1. The van der Waals surface area contributed by atoms with Crippen LogP contribution in [-0.2, 0) is 17.8 Å². The zero-order chi connectivity index (χ0) is 15.1. The SMILES string of the molecule is COCCN(Cc1cccs1)C(=O)c1cn(CCN)cn1. The van der Waals surface area contributed by atoms with Crippen molar-refractivity contribution in [1.82, 2.24) is 14.5 Å². The van der Waals surface area contributed by atoms with Crippen molar-refractivity contribution in [3.63, 3.8) is 0 Å². The highest BCUT2D eigenvalue weighted by Gasteiger charge is 2.18. The number of ether oxygens (including phenoxy) is 1. The minimum Gasteiger partial charge on any atom is -0.383 e. The van der Waals surface area contributed by atoms with Crippen molar-refractivity contribution in [3.05, 3.63) is 40.6 Å². The highest BCUT2D eigenvalue weighted by Crippen LogP contribution is 2.14. The lowest BCUT2D eigenvalue weighted by atomic mass is 10.3. The molecule has 0 aromatic carbocycles.